The van der Waals surface area contributed by atoms with Gasteiger partial charge in [0, 0.05) is 16.5 Å². The molecule has 0 aromatic heterocycles. The number of ether oxygens (including phenoxy) is 1. The maximum Gasteiger partial charge on any atom is 0.140 e. The first-order valence-corrected chi connectivity index (χ1v) is 20.7. The van der Waals surface area contributed by atoms with E-state index in [1.807, 2.05) is 0 Å². The quantitative estimate of drug-likeness (QED) is 0.163. The topological polar surface area (TPSA) is 9.23 Å². The number of rotatable bonds is 1. The second-order valence-electron chi connectivity index (χ2n) is 16.6. The van der Waals surface area contributed by atoms with Gasteiger partial charge in [0.25, 0.3) is 0 Å². The third kappa shape index (κ3) is 3.65. The first-order valence-electron chi connectivity index (χ1n) is 20.7. The molecule has 3 aliphatic carbocycles. The number of fused-ring (bicyclic) bond motifs is 20. The van der Waals surface area contributed by atoms with Gasteiger partial charge in [-0.25, -0.2) is 0 Å². The Morgan fingerprint density at radius 3 is 1.46 bits per heavy atom. The smallest absolute Gasteiger partial charge is 0.140 e. The number of para-hydroxylation sites is 1. The molecule has 1 nitrogen and oxygen atoms in total. The van der Waals surface area contributed by atoms with Crippen molar-refractivity contribution in [2.75, 3.05) is 0 Å². The summed E-state index contributed by atoms with van der Waals surface area (Å²) in [4.78, 5) is 0. The Morgan fingerprint density at radius 1 is 0.288 bits per heavy atom. The Balaban J connectivity index is 1.14. The van der Waals surface area contributed by atoms with Crippen LogP contribution in [0.4, 0.5) is 0 Å². The average Bonchev–Trinajstić information content (AvgIpc) is 3.77. The van der Waals surface area contributed by atoms with Crippen LogP contribution < -0.4 is 4.74 Å². The van der Waals surface area contributed by atoms with E-state index in [0.29, 0.717) is 0 Å². The van der Waals surface area contributed by atoms with Gasteiger partial charge in [-0.1, -0.05) is 194 Å². The molecule has 10 aromatic rings. The van der Waals surface area contributed by atoms with Crippen molar-refractivity contribution in [1.29, 1.82) is 0 Å². The van der Waals surface area contributed by atoms with E-state index in [9.17, 15) is 0 Å². The molecule has 0 radical (unpaired) electrons. The Morgan fingerprint density at radius 2 is 0.746 bits per heavy atom. The largest absolute Gasteiger partial charge is 0.456 e. The van der Waals surface area contributed by atoms with Crippen molar-refractivity contribution < 1.29 is 4.74 Å². The molecule has 59 heavy (non-hydrogen) atoms. The van der Waals surface area contributed by atoms with Gasteiger partial charge in [-0.3, -0.25) is 0 Å². The zero-order chi connectivity index (χ0) is 38.5. The third-order valence-corrected chi connectivity index (χ3v) is 14.1. The van der Waals surface area contributed by atoms with Gasteiger partial charge in [-0.05, 0) is 106 Å². The number of hydrogen-bond donors (Lipinski definition) is 0. The summed E-state index contributed by atoms with van der Waals surface area (Å²) in [5.41, 5.74) is 19.5. The first kappa shape index (κ1) is 31.6. The zero-order valence-corrected chi connectivity index (χ0v) is 32.0. The highest BCUT2D eigenvalue weighted by Gasteiger charge is 2.53. The van der Waals surface area contributed by atoms with Crippen molar-refractivity contribution in [3.05, 3.63) is 251 Å². The normalized spacial score (nSPS) is 16.5. The zero-order valence-electron chi connectivity index (χ0n) is 32.0. The van der Waals surface area contributed by atoms with Gasteiger partial charge in [0.1, 0.15) is 11.5 Å². The minimum absolute atomic E-state index is 0.497. The van der Waals surface area contributed by atoms with Crippen LogP contribution in [0.1, 0.15) is 44.5 Å². The third-order valence-electron chi connectivity index (χ3n) is 14.1. The van der Waals surface area contributed by atoms with Crippen LogP contribution in [0.5, 0.6) is 11.5 Å². The molecule has 272 valence electrons. The summed E-state index contributed by atoms with van der Waals surface area (Å²) in [6, 6.07) is 77.3. The highest BCUT2D eigenvalue weighted by Crippen LogP contribution is 2.66. The fourth-order valence-corrected chi connectivity index (χ4v) is 12.1. The fourth-order valence-electron chi connectivity index (χ4n) is 12.1. The first-order chi connectivity index (χ1) is 29.3. The monoisotopic (exact) mass is 746 g/mol. The average molecular weight is 747 g/mol. The van der Waals surface area contributed by atoms with Crippen molar-refractivity contribution >= 4 is 21.5 Å². The van der Waals surface area contributed by atoms with Gasteiger partial charge in [-0.2, -0.15) is 0 Å². The molecule has 0 N–H and O–H groups in total. The molecule has 1 atom stereocenters. The van der Waals surface area contributed by atoms with Crippen LogP contribution in [0.25, 0.3) is 66.1 Å². The van der Waals surface area contributed by atoms with E-state index >= 15 is 0 Å². The van der Waals surface area contributed by atoms with Crippen LogP contribution >= 0.6 is 0 Å². The van der Waals surface area contributed by atoms with E-state index in [1.165, 1.54) is 105 Å². The van der Waals surface area contributed by atoms with Crippen molar-refractivity contribution in [3.63, 3.8) is 0 Å². The molecule has 2 spiro atoms. The van der Waals surface area contributed by atoms with Crippen molar-refractivity contribution in [1.82, 2.24) is 0 Å². The highest BCUT2D eigenvalue weighted by molar-refractivity contribution is 6.11. The Labute approximate surface area is 342 Å². The molecular formula is C58H34O. The lowest BCUT2D eigenvalue weighted by Crippen LogP contribution is -2.32. The molecule has 1 heteroatoms. The van der Waals surface area contributed by atoms with Crippen LogP contribution in [-0.2, 0) is 10.8 Å². The molecule has 10 aromatic carbocycles. The van der Waals surface area contributed by atoms with E-state index in [1.54, 1.807) is 0 Å². The summed E-state index contributed by atoms with van der Waals surface area (Å²) in [6.07, 6.45) is 0. The molecule has 0 fully saturated rings. The molecule has 1 unspecified atom stereocenters. The predicted octanol–water partition coefficient (Wildman–Crippen LogP) is 14.5. The summed E-state index contributed by atoms with van der Waals surface area (Å²) in [6.45, 7) is 0. The van der Waals surface area contributed by atoms with E-state index in [2.05, 4.69) is 206 Å². The van der Waals surface area contributed by atoms with Crippen LogP contribution in [0.3, 0.4) is 0 Å². The molecule has 0 amide bonds. The molecule has 14 rings (SSSR count). The summed E-state index contributed by atoms with van der Waals surface area (Å²) in [5, 5.41) is 4.93. The molecule has 1 heterocycles. The standard InChI is InChI=1S/C58H34O/c1-2-22-42-36(18-1)44(34-52-56(42)59-53-33-12-11-30-49(53)57(52)45-26-7-3-19-37(45)38-20-4-8-27-46(38)57)41-25-15-32-51-55(41)43-23-6-10-29-48(43)58(51)47-28-9-5-21-39(47)40-24-13-16-35-17-14-31-50(58)54(35)40/h1-34H. The SMILES string of the molecule is c1ccc2c(c1)Oc1c(cc(-c3cccc4c3-c3ccccc3C43c4ccccc4-c4cccc5cccc3c45)c3ccccc13)C21c2ccccc2-c2ccccc21. The Bertz CT molecular complexity index is 3450. The van der Waals surface area contributed by atoms with Crippen LogP contribution in [0.15, 0.2) is 206 Å². The summed E-state index contributed by atoms with van der Waals surface area (Å²) in [7, 11) is 0. The summed E-state index contributed by atoms with van der Waals surface area (Å²) in [5.74, 6) is 1.84. The maximum atomic E-state index is 7.14. The van der Waals surface area contributed by atoms with Gasteiger partial charge in [0.2, 0.25) is 0 Å². The van der Waals surface area contributed by atoms with Crippen LogP contribution in [-0.4, -0.2) is 0 Å². The molecular weight excluding hydrogens is 713 g/mol. The van der Waals surface area contributed by atoms with E-state index in [4.69, 9.17) is 4.74 Å². The lowest BCUT2D eigenvalue weighted by molar-refractivity contribution is 0.442. The lowest BCUT2D eigenvalue weighted by Gasteiger charge is -2.40. The predicted molar refractivity (Wildman–Crippen MR) is 241 cm³/mol. The summed E-state index contributed by atoms with van der Waals surface area (Å²) >= 11 is 0. The fraction of sp³-hybridized carbons (Fsp3) is 0.0345. The second kappa shape index (κ2) is 11.1. The van der Waals surface area contributed by atoms with Gasteiger partial charge >= 0.3 is 0 Å². The van der Waals surface area contributed by atoms with Gasteiger partial charge < -0.3 is 4.74 Å². The number of hydrogen-bond acceptors (Lipinski definition) is 1. The van der Waals surface area contributed by atoms with Crippen LogP contribution in [0.2, 0.25) is 0 Å². The van der Waals surface area contributed by atoms with Crippen LogP contribution in [0, 0.1) is 0 Å². The molecule has 0 saturated carbocycles. The van der Waals surface area contributed by atoms with Crippen molar-refractivity contribution in [2.24, 2.45) is 0 Å². The summed E-state index contributed by atoms with van der Waals surface area (Å²) < 4.78 is 7.14. The molecule has 4 aliphatic rings. The molecule has 0 saturated heterocycles. The van der Waals surface area contributed by atoms with Gasteiger partial charge in [0.05, 0.1) is 10.8 Å². The number of benzene rings is 10. The molecule has 1 aliphatic heterocycles. The van der Waals surface area contributed by atoms with E-state index in [-0.39, 0.29) is 0 Å². The molecule has 0 bridgehead atoms. The lowest BCUT2D eigenvalue weighted by atomic mass is 9.61. The van der Waals surface area contributed by atoms with Crippen molar-refractivity contribution in [3.8, 4) is 56.0 Å². The second-order valence-corrected chi connectivity index (χ2v) is 16.6. The Kier molecular flexibility index (Phi) is 5.96. The van der Waals surface area contributed by atoms with Crippen molar-refractivity contribution in [2.45, 2.75) is 10.8 Å². The minimum atomic E-state index is -0.575. The van der Waals surface area contributed by atoms with E-state index in [0.717, 1.165) is 16.9 Å². The minimum Gasteiger partial charge on any atom is -0.456 e. The highest BCUT2D eigenvalue weighted by atomic mass is 16.5. The Hall–Kier alpha value is -7.48. The maximum absolute atomic E-state index is 7.14. The van der Waals surface area contributed by atoms with E-state index < -0.39 is 10.8 Å². The van der Waals surface area contributed by atoms with Gasteiger partial charge in [-0.15, -0.1) is 0 Å². The van der Waals surface area contributed by atoms with Gasteiger partial charge in [0.15, 0.2) is 0 Å².